The number of piperidine rings is 1. The number of fused-ring (bicyclic) bond motifs is 1. The zero-order valence-electron chi connectivity index (χ0n) is 20.0. The van der Waals surface area contributed by atoms with E-state index in [9.17, 15) is 9.59 Å². The summed E-state index contributed by atoms with van der Waals surface area (Å²) in [6.45, 7) is 1.28. The van der Waals surface area contributed by atoms with Gasteiger partial charge >= 0.3 is 0 Å². The Morgan fingerprint density at radius 1 is 0.889 bits per heavy atom. The van der Waals surface area contributed by atoms with Gasteiger partial charge in [0, 0.05) is 17.5 Å². The molecule has 1 aromatic heterocycles. The average molecular weight is 501 g/mol. The average Bonchev–Trinajstić information content (AvgIpc) is 2.89. The third-order valence-corrected chi connectivity index (χ3v) is 7.17. The van der Waals surface area contributed by atoms with E-state index in [0.29, 0.717) is 60.6 Å². The normalized spacial score (nSPS) is 18.1. The van der Waals surface area contributed by atoms with E-state index in [4.69, 9.17) is 22.3 Å². The number of hydrogen-bond acceptors (Lipinski definition) is 4. The summed E-state index contributed by atoms with van der Waals surface area (Å²) < 4.78 is 1.73. The van der Waals surface area contributed by atoms with Crippen LogP contribution in [0.1, 0.15) is 42.3 Å². The summed E-state index contributed by atoms with van der Waals surface area (Å²) in [4.78, 5) is 34.4. The summed E-state index contributed by atoms with van der Waals surface area (Å²) in [5, 5.41) is 1.03. The smallest absolute Gasteiger partial charge is 0.261 e. The molecule has 2 atom stereocenters. The number of hydrogen-bond donors (Lipinski definition) is 1. The van der Waals surface area contributed by atoms with Gasteiger partial charge in [-0.15, -0.1) is 0 Å². The molecule has 4 aromatic rings. The fourth-order valence-electron chi connectivity index (χ4n) is 5.12. The van der Waals surface area contributed by atoms with E-state index in [1.165, 1.54) is 0 Å². The van der Waals surface area contributed by atoms with Crippen LogP contribution in [-0.4, -0.2) is 26.9 Å². The molecule has 1 amide bonds. The number of halogens is 1. The molecule has 36 heavy (non-hydrogen) atoms. The standard InChI is InChI=1S/C29H29ClN4O2/c30-23-12-13-24-25(17-23)32-27(34(29(24)36)19-21-9-5-2-6-10-21)26-14-11-22(15-16-31)28(35)33(26)18-20-7-3-1-4-8-20/h1-10,12-13,17,22,26H,11,14-16,18-19,31H2. The molecule has 1 aliphatic rings. The number of carbonyl (C=O) groups excluding carboxylic acids is 1. The molecule has 6 nitrogen and oxygen atoms in total. The number of amides is 1. The molecule has 0 bridgehead atoms. The fraction of sp³-hybridized carbons (Fsp3) is 0.276. The predicted octanol–water partition coefficient (Wildman–Crippen LogP) is 4.93. The van der Waals surface area contributed by atoms with Gasteiger partial charge in [-0.3, -0.25) is 14.2 Å². The molecule has 2 unspecified atom stereocenters. The molecule has 1 saturated heterocycles. The Balaban J connectivity index is 1.65. The molecule has 0 saturated carbocycles. The minimum absolute atomic E-state index is 0.0623. The molecule has 2 N–H and O–H groups in total. The second-order valence-electron chi connectivity index (χ2n) is 9.33. The Hall–Kier alpha value is -3.48. The molecule has 0 spiro atoms. The number of likely N-dealkylation sites (tertiary alicyclic amines) is 1. The lowest BCUT2D eigenvalue weighted by atomic mass is 9.88. The number of rotatable bonds is 7. The van der Waals surface area contributed by atoms with Gasteiger partial charge < -0.3 is 10.6 Å². The highest BCUT2D eigenvalue weighted by molar-refractivity contribution is 6.31. The Kier molecular flexibility index (Phi) is 7.16. The molecule has 0 radical (unpaired) electrons. The lowest BCUT2D eigenvalue weighted by Crippen LogP contribution is -2.45. The molecule has 0 aliphatic carbocycles. The number of nitrogens with two attached hydrogens (primary N) is 1. The molecule has 1 fully saturated rings. The van der Waals surface area contributed by atoms with E-state index in [1.54, 1.807) is 22.8 Å². The van der Waals surface area contributed by atoms with Gasteiger partial charge in [0.2, 0.25) is 5.91 Å². The van der Waals surface area contributed by atoms with Crippen molar-refractivity contribution in [3.8, 4) is 0 Å². The van der Waals surface area contributed by atoms with Crippen molar-refractivity contribution in [3.05, 3.63) is 111 Å². The van der Waals surface area contributed by atoms with Gasteiger partial charge in [-0.25, -0.2) is 4.98 Å². The molecule has 184 valence electrons. The first-order valence-electron chi connectivity index (χ1n) is 12.3. The third-order valence-electron chi connectivity index (χ3n) is 6.94. The predicted molar refractivity (Wildman–Crippen MR) is 143 cm³/mol. The molecule has 7 heteroatoms. The van der Waals surface area contributed by atoms with Gasteiger partial charge in [0.05, 0.1) is 23.5 Å². The molecular weight excluding hydrogens is 472 g/mol. The van der Waals surface area contributed by atoms with E-state index >= 15 is 0 Å². The van der Waals surface area contributed by atoms with Crippen molar-refractivity contribution in [2.75, 3.05) is 6.54 Å². The van der Waals surface area contributed by atoms with Crippen LogP contribution in [0.5, 0.6) is 0 Å². The highest BCUT2D eigenvalue weighted by Gasteiger charge is 2.38. The lowest BCUT2D eigenvalue weighted by molar-refractivity contribution is -0.143. The maximum Gasteiger partial charge on any atom is 0.261 e. The van der Waals surface area contributed by atoms with Crippen molar-refractivity contribution < 1.29 is 4.79 Å². The van der Waals surface area contributed by atoms with E-state index < -0.39 is 0 Å². The maximum atomic E-state index is 13.8. The van der Waals surface area contributed by atoms with Crippen molar-refractivity contribution >= 4 is 28.4 Å². The van der Waals surface area contributed by atoms with Crippen LogP contribution >= 0.6 is 11.6 Å². The minimum Gasteiger partial charge on any atom is -0.330 e. The first-order chi connectivity index (χ1) is 17.5. The van der Waals surface area contributed by atoms with Gasteiger partial charge in [-0.2, -0.15) is 0 Å². The largest absolute Gasteiger partial charge is 0.330 e. The Morgan fingerprint density at radius 2 is 1.56 bits per heavy atom. The van der Waals surface area contributed by atoms with E-state index in [2.05, 4.69) is 0 Å². The van der Waals surface area contributed by atoms with Crippen LogP contribution in [0.3, 0.4) is 0 Å². The molecular formula is C29H29ClN4O2. The summed E-state index contributed by atoms with van der Waals surface area (Å²) in [5.74, 6) is 0.528. The number of aromatic nitrogens is 2. The number of nitrogens with zero attached hydrogens (tertiary/aromatic N) is 3. The van der Waals surface area contributed by atoms with Gasteiger partial charge in [-0.05, 0) is 55.1 Å². The van der Waals surface area contributed by atoms with Gasteiger partial charge in [-0.1, -0.05) is 72.3 Å². The van der Waals surface area contributed by atoms with Crippen LogP contribution in [0.2, 0.25) is 5.02 Å². The summed E-state index contributed by atoms with van der Waals surface area (Å²) in [6, 6.07) is 24.6. The van der Waals surface area contributed by atoms with Gasteiger partial charge in [0.25, 0.3) is 5.56 Å². The topological polar surface area (TPSA) is 81.2 Å². The van der Waals surface area contributed by atoms with Crippen molar-refractivity contribution in [2.45, 2.75) is 38.4 Å². The highest BCUT2D eigenvalue weighted by Crippen LogP contribution is 2.36. The van der Waals surface area contributed by atoms with Gasteiger partial charge in [0.15, 0.2) is 0 Å². The van der Waals surface area contributed by atoms with Crippen LogP contribution < -0.4 is 11.3 Å². The Labute approximate surface area is 215 Å². The molecule has 1 aliphatic heterocycles. The van der Waals surface area contributed by atoms with Crippen LogP contribution in [0, 0.1) is 5.92 Å². The van der Waals surface area contributed by atoms with Crippen LogP contribution in [0.25, 0.3) is 10.9 Å². The summed E-state index contributed by atoms with van der Waals surface area (Å²) in [7, 11) is 0. The second-order valence-corrected chi connectivity index (χ2v) is 9.76. The fourth-order valence-corrected chi connectivity index (χ4v) is 5.28. The lowest BCUT2D eigenvalue weighted by Gasteiger charge is -2.40. The Bertz CT molecular complexity index is 1420. The highest BCUT2D eigenvalue weighted by atomic mass is 35.5. The zero-order chi connectivity index (χ0) is 25.1. The maximum absolute atomic E-state index is 13.8. The molecule has 3 aromatic carbocycles. The van der Waals surface area contributed by atoms with Crippen LogP contribution in [-0.2, 0) is 17.9 Å². The molecule has 2 heterocycles. The third kappa shape index (κ3) is 4.92. The summed E-state index contributed by atoms with van der Waals surface area (Å²) >= 11 is 6.27. The molecule has 5 rings (SSSR count). The van der Waals surface area contributed by atoms with Crippen molar-refractivity contribution in [1.29, 1.82) is 0 Å². The van der Waals surface area contributed by atoms with E-state index in [0.717, 1.165) is 11.1 Å². The number of benzene rings is 3. The first-order valence-corrected chi connectivity index (χ1v) is 12.7. The second kappa shape index (κ2) is 10.6. The van der Waals surface area contributed by atoms with Crippen molar-refractivity contribution in [3.63, 3.8) is 0 Å². The minimum atomic E-state index is -0.341. The van der Waals surface area contributed by atoms with E-state index in [1.807, 2.05) is 65.6 Å². The zero-order valence-corrected chi connectivity index (χ0v) is 20.8. The number of carbonyl (C=O) groups is 1. The van der Waals surface area contributed by atoms with Crippen molar-refractivity contribution in [1.82, 2.24) is 14.5 Å². The summed E-state index contributed by atoms with van der Waals surface area (Å²) in [5.41, 5.74) is 8.27. The van der Waals surface area contributed by atoms with Crippen LogP contribution in [0.15, 0.2) is 83.7 Å². The van der Waals surface area contributed by atoms with E-state index in [-0.39, 0.29) is 23.4 Å². The quantitative estimate of drug-likeness (QED) is 0.390. The van der Waals surface area contributed by atoms with Crippen LogP contribution in [0.4, 0.5) is 0 Å². The van der Waals surface area contributed by atoms with Gasteiger partial charge in [0.1, 0.15) is 5.82 Å². The SMILES string of the molecule is NCCC1CCC(c2nc3cc(Cl)ccc3c(=O)n2Cc2ccccc2)N(Cc2ccccc2)C1=O. The Morgan fingerprint density at radius 3 is 2.22 bits per heavy atom. The summed E-state index contributed by atoms with van der Waals surface area (Å²) in [6.07, 6.45) is 2.06. The monoisotopic (exact) mass is 500 g/mol. The first kappa shape index (κ1) is 24.2. The van der Waals surface area contributed by atoms with Crippen molar-refractivity contribution in [2.24, 2.45) is 11.7 Å².